The summed E-state index contributed by atoms with van der Waals surface area (Å²) in [7, 11) is 0. The Morgan fingerprint density at radius 1 is 1.05 bits per heavy atom. The lowest BCUT2D eigenvalue weighted by atomic mass is 10.0. The van der Waals surface area contributed by atoms with E-state index in [4.69, 9.17) is 11.6 Å². The van der Waals surface area contributed by atoms with Crippen molar-refractivity contribution >= 4 is 17.4 Å². The number of benzene rings is 2. The van der Waals surface area contributed by atoms with Crippen LogP contribution in [0.5, 0.6) is 5.75 Å². The van der Waals surface area contributed by atoms with Gasteiger partial charge in [-0.25, -0.2) is 0 Å². The summed E-state index contributed by atoms with van der Waals surface area (Å²) in [5.74, 6) is -0.832. The molecule has 0 aromatic heterocycles. The minimum Gasteiger partial charge on any atom is -0.406 e. The maximum atomic E-state index is 12.1. The summed E-state index contributed by atoms with van der Waals surface area (Å²) in [6.07, 6.45) is -4.80. The molecule has 104 valence electrons. The highest BCUT2D eigenvalue weighted by Gasteiger charge is 2.31. The quantitative estimate of drug-likeness (QED) is 0.782. The molecule has 0 unspecified atom stereocenters. The lowest BCUT2D eigenvalue weighted by Crippen LogP contribution is -2.17. The molecule has 0 amide bonds. The SMILES string of the molecule is O=C(c1ccccc1)c1ccc(OC(F)(F)F)cc1Cl. The summed E-state index contributed by atoms with van der Waals surface area (Å²) < 4.78 is 39.9. The number of rotatable bonds is 3. The largest absolute Gasteiger partial charge is 0.573 e. The predicted molar refractivity (Wildman–Crippen MR) is 68.0 cm³/mol. The third kappa shape index (κ3) is 3.51. The second-order valence-electron chi connectivity index (χ2n) is 3.88. The molecule has 6 heteroatoms. The van der Waals surface area contributed by atoms with Crippen LogP contribution in [0.25, 0.3) is 0 Å². The van der Waals surface area contributed by atoms with E-state index in [0.717, 1.165) is 12.1 Å². The van der Waals surface area contributed by atoms with E-state index in [2.05, 4.69) is 4.74 Å². The van der Waals surface area contributed by atoms with Crippen LogP contribution in [0.4, 0.5) is 13.2 Å². The summed E-state index contributed by atoms with van der Waals surface area (Å²) in [6, 6.07) is 11.5. The fourth-order valence-corrected chi connectivity index (χ4v) is 1.88. The molecular weight excluding hydrogens is 293 g/mol. The van der Waals surface area contributed by atoms with Crippen LogP contribution in [0.1, 0.15) is 15.9 Å². The van der Waals surface area contributed by atoms with Crippen molar-refractivity contribution in [2.45, 2.75) is 6.36 Å². The topological polar surface area (TPSA) is 26.3 Å². The summed E-state index contributed by atoms with van der Waals surface area (Å²) in [6.45, 7) is 0. The van der Waals surface area contributed by atoms with E-state index in [1.54, 1.807) is 30.3 Å². The molecule has 0 N–H and O–H groups in total. The fraction of sp³-hybridized carbons (Fsp3) is 0.0714. The minimum atomic E-state index is -4.80. The first-order valence-corrected chi connectivity index (χ1v) is 5.89. The summed E-state index contributed by atoms with van der Waals surface area (Å²) in [5, 5.41) is -0.0967. The highest BCUT2D eigenvalue weighted by Crippen LogP contribution is 2.28. The zero-order valence-electron chi connectivity index (χ0n) is 9.95. The highest BCUT2D eigenvalue weighted by molar-refractivity contribution is 6.35. The summed E-state index contributed by atoms with van der Waals surface area (Å²) >= 11 is 5.83. The molecule has 0 aliphatic heterocycles. The van der Waals surface area contributed by atoms with Gasteiger partial charge < -0.3 is 4.74 Å². The Morgan fingerprint density at radius 3 is 2.25 bits per heavy atom. The van der Waals surface area contributed by atoms with Crippen molar-refractivity contribution < 1.29 is 22.7 Å². The molecule has 20 heavy (non-hydrogen) atoms. The van der Waals surface area contributed by atoms with Gasteiger partial charge in [0.05, 0.1) is 5.02 Å². The van der Waals surface area contributed by atoms with Crippen molar-refractivity contribution in [3.05, 3.63) is 64.7 Å². The lowest BCUT2D eigenvalue weighted by molar-refractivity contribution is -0.274. The Hall–Kier alpha value is -2.01. The smallest absolute Gasteiger partial charge is 0.406 e. The van der Waals surface area contributed by atoms with Gasteiger partial charge in [0.15, 0.2) is 5.78 Å². The van der Waals surface area contributed by atoms with E-state index < -0.39 is 12.1 Å². The van der Waals surface area contributed by atoms with Crippen LogP contribution in [0, 0.1) is 0 Å². The van der Waals surface area contributed by atoms with E-state index in [1.165, 1.54) is 6.07 Å². The van der Waals surface area contributed by atoms with Gasteiger partial charge in [-0.15, -0.1) is 13.2 Å². The number of alkyl halides is 3. The predicted octanol–water partition coefficient (Wildman–Crippen LogP) is 4.47. The van der Waals surface area contributed by atoms with E-state index in [9.17, 15) is 18.0 Å². The fourth-order valence-electron chi connectivity index (χ4n) is 1.62. The molecule has 0 saturated carbocycles. The number of ether oxygens (including phenoxy) is 1. The van der Waals surface area contributed by atoms with Gasteiger partial charge in [-0.2, -0.15) is 0 Å². The molecule has 2 nitrogen and oxygen atoms in total. The molecule has 2 aromatic rings. The van der Waals surface area contributed by atoms with Crippen molar-refractivity contribution in [3.63, 3.8) is 0 Å². The molecule has 0 fully saturated rings. The zero-order valence-corrected chi connectivity index (χ0v) is 10.7. The summed E-state index contributed by atoms with van der Waals surface area (Å²) in [5.41, 5.74) is 0.520. The molecule has 0 saturated heterocycles. The minimum absolute atomic E-state index is 0.0967. The van der Waals surface area contributed by atoms with Gasteiger partial charge in [0.1, 0.15) is 5.75 Å². The van der Waals surface area contributed by atoms with Gasteiger partial charge in [-0.1, -0.05) is 41.9 Å². The van der Waals surface area contributed by atoms with Gasteiger partial charge in [0, 0.05) is 11.1 Å². The molecule has 0 aliphatic rings. The first kappa shape index (κ1) is 14.4. The zero-order chi connectivity index (χ0) is 14.8. The standard InChI is InChI=1S/C14H8ClF3O2/c15-12-8-10(20-14(16,17)18)6-7-11(12)13(19)9-4-2-1-3-5-9/h1-8H. The normalized spacial score (nSPS) is 11.2. The number of ketones is 1. The molecule has 2 rings (SSSR count). The van der Waals surface area contributed by atoms with Crippen LogP contribution >= 0.6 is 11.6 Å². The monoisotopic (exact) mass is 300 g/mol. The van der Waals surface area contributed by atoms with E-state index in [0.29, 0.717) is 5.56 Å². The molecule has 0 atom stereocenters. The highest BCUT2D eigenvalue weighted by atomic mass is 35.5. The van der Waals surface area contributed by atoms with Gasteiger partial charge in [-0.05, 0) is 18.2 Å². The van der Waals surface area contributed by atoms with Gasteiger partial charge >= 0.3 is 6.36 Å². The molecule has 0 aliphatic carbocycles. The molecule has 0 heterocycles. The van der Waals surface area contributed by atoms with Crippen LogP contribution in [0.15, 0.2) is 48.5 Å². The van der Waals surface area contributed by atoms with E-state index >= 15 is 0 Å². The number of hydrogen-bond donors (Lipinski definition) is 0. The number of carbonyl (C=O) groups is 1. The molecule has 0 bridgehead atoms. The third-order valence-corrected chi connectivity index (χ3v) is 2.77. The molecule has 0 radical (unpaired) electrons. The Balaban J connectivity index is 2.29. The second-order valence-corrected chi connectivity index (χ2v) is 4.29. The first-order chi connectivity index (χ1) is 9.37. The Bertz CT molecular complexity index is 624. The van der Waals surface area contributed by atoms with Gasteiger partial charge in [-0.3, -0.25) is 4.79 Å². The Morgan fingerprint density at radius 2 is 1.70 bits per heavy atom. The molecular formula is C14H8ClF3O2. The maximum Gasteiger partial charge on any atom is 0.573 e. The van der Waals surface area contributed by atoms with E-state index in [-0.39, 0.29) is 16.4 Å². The van der Waals surface area contributed by atoms with Crippen molar-refractivity contribution in [3.8, 4) is 5.75 Å². The van der Waals surface area contributed by atoms with Crippen molar-refractivity contribution in [2.24, 2.45) is 0 Å². The van der Waals surface area contributed by atoms with Crippen LogP contribution < -0.4 is 4.74 Å². The van der Waals surface area contributed by atoms with Crippen LogP contribution in [-0.4, -0.2) is 12.1 Å². The average molecular weight is 301 g/mol. The first-order valence-electron chi connectivity index (χ1n) is 5.52. The van der Waals surface area contributed by atoms with Gasteiger partial charge in [0.25, 0.3) is 0 Å². The lowest BCUT2D eigenvalue weighted by Gasteiger charge is -2.10. The molecule has 2 aromatic carbocycles. The van der Waals surface area contributed by atoms with Crippen molar-refractivity contribution in [2.75, 3.05) is 0 Å². The second kappa shape index (κ2) is 5.54. The number of halogens is 4. The third-order valence-electron chi connectivity index (χ3n) is 2.45. The number of carbonyl (C=O) groups excluding carboxylic acids is 1. The molecule has 0 spiro atoms. The van der Waals surface area contributed by atoms with Crippen LogP contribution in [-0.2, 0) is 0 Å². The van der Waals surface area contributed by atoms with E-state index in [1.807, 2.05) is 0 Å². The maximum absolute atomic E-state index is 12.1. The number of hydrogen-bond acceptors (Lipinski definition) is 2. The van der Waals surface area contributed by atoms with Crippen LogP contribution in [0.3, 0.4) is 0 Å². The summed E-state index contributed by atoms with van der Waals surface area (Å²) in [4.78, 5) is 12.1. The Kier molecular flexibility index (Phi) is 3.99. The van der Waals surface area contributed by atoms with Gasteiger partial charge in [0.2, 0.25) is 0 Å². The Labute approximate surface area is 117 Å². The van der Waals surface area contributed by atoms with Crippen molar-refractivity contribution in [1.82, 2.24) is 0 Å². The van der Waals surface area contributed by atoms with Crippen molar-refractivity contribution in [1.29, 1.82) is 0 Å². The van der Waals surface area contributed by atoms with Crippen LogP contribution in [0.2, 0.25) is 5.02 Å². The average Bonchev–Trinajstić information content (AvgIpc) is 2.37.